The molecule has 1 atom stereocenters. The van der Waals surface area contributed by atoms with Crippen molar-refractivity contribution < 1.29 is 14.7 Å². The third-order valence-corrected chi connectivity index (χ3v) is 3.20. The highest BCUT2D eigenvalue weighted by molar-refractivity contribution is 7.10. The summed E-state index contributed by atoms with van der Waals surface area (Å²) in [6, 6.07) is 3.59. The van der Waals surface area contributed by atoms with Gasteiger partial charge >= 0.3 is 11.8 Å². The highest BCUT2D eigenvalue weighted by Gasteiger charge is 2.25. The first kappa shape index (κ1) is 12.7. The molecule has 0 fully saturated rings. The van der Waals surface area contributed by atoms with Gasteiger partial charge in [0.05, 0.1) is 6.54 Å². The molecule has 88 valence electrons. The summed E-state index contributed by atoms with van der Waals surface area (Å²) in [6.07, 6.45) is 0. The lowest BCUT2D eigenvalue weighted by Gasteiger charge is -2.21. The molecule has 6 heteroatoms. The van der Waals surface area contributed by atoms with Crippen LogP contribution in [0.3, 0.4) is 0 Å². The van der Waals surface area contributed by atoms with E-state index in [1.165, 1.54) is 18.4 Å². The molecule has 3 N–H and O–H groups in total. The molecular formula is C10H14N2O3S. The molecule has 0 aliphatic heterocycles. The molecule has 1 aromatic heterocycles. The van der Waals surface area contributed by atoms with Gasteiger partial charge in [-0.25, -0.2) is 0 Å². The summed E-state index contributed by atoms with van der Waals surface area (Å²) in [6.45, 7) is 1.59. The molecule has 0 aliphatic rings. The van der Waals surface area contributed by atoms with Gasteiger partial charge in [0.15, 0.2) is 0 Å². The Bertz CT molecular complexity index is 373. The molecule has 0 radical (unpaired) electrons. The number of rotatable bonds is 3. The summed E-state index contributed by atoms with van der Waals surface area (Å²) in [5.41, 5.74) is -1.15. The largest absolute Gasteiger partial charge is 0.383 e. The number of thiophene rings is 1. The Morgan fingerprint density at radius 3 is 2.69 bits per heavy atom. The minimum Gasteiger partial charge on any atom is -0.383 e. The predicted octanol–water partition coefficient (Wildman–Crippen LogP) is -0.182. The summed E-state index contributed by atoms with van der Waals surface area (Å²) in [7, 11) is 1.37. The van der Waals surface area contributed by atoms with E-state index >= 15 is 0 Å². The van der Waals surface area contributed by atoms with Crippen LogP contribution in [-0.2, 0) is 15.2 Å². The molecule has 1 aromatic rings. The fourth-order valence-corrected chi connectivity index (χ4v) is 1.91. The number of amides is 2. The Hall–Kier alpha value is -1.40. The van der Waals surface area contributed by atoms with E-state index in [9.17, 15) is 14.7 Å². The molecule has 0 spiro atoms. The Morgan fingerprint density at radius 1 is 1.50 bits per heavy atom. The van der Waals surface area contributed by atoms with Crippen molar-refractivity contribution in [3.8, 4) is 0 Å². The molecule has 0 saturated heterocycles. The highest BCUT2D eigenvalue weighted by Crippen LogP contribution is 2.24. The monoisotopic (exact) mass is 242 g/mol. The molecule has 2 amide bonds. The standard InChI is InChI=1S/C10H14N2O3S/c1-10(15,7-4-3-5-16-7)6-12-9(14)8(13)11-2/h3-5,15H,6H2,1-2H3,(H,11,13)(H,12,14). The average molecular weight is 242 g/mol. The topological polar surface area (TPSA) is 78.4 Å². The molecule has 0 aromatic carbocycles. The Morgan fingerprint density at radius 2 is 2.19 bits per heavy atom. The van der Waals surface area contributed by atoms with Crippen molar-refractivity contribution in [1.29, 1.82) is 0 Å². The van der Waals surface area contributed by atoms with Gasteiger partial charge in [0.2, 0.25) is 0 Å². The molecule has 1 heterocycles. The molecule has 1 unspecified atom stereocenters. The SMILES string of the molecule is CNC(=O)C(=O)NCC(C)(O)c1cccs1. The smallest absolute Gasteiger partial charge is 0.309 e. The molecule has 0 bridgehead atoms. The number of hydrogen-bond acceptors (Lipinski definition) is 4. The number of likely N-dealkylation sites (N-methyl/N-ethyl adjacent to an activating group) is 1. The lowest BCUT2D eigenvalue weighted by Crippen LogP contribution is -2.44. The van der Waals surface area contributed by atoms with Crippen LogP contribution in [0, 0.1) is 0 Å². The molecule has 1 rings (SSSR count). The van der Waals surface area contributed by atoms with Crippen LogP contribution in [0.15, 0.2) is 17.5 Å². The Labute approximate surface area is 97.5 Å². The van der Waals surface area contributed by atoms with E-state index in [0.29, 0.717) is 0 Å². The van der Waals surface area contributed by atoms with Gasteiger partial charge in [0, 0.05) is 11.9 Å². The van der Waals surface area contributed by atoms with Crippen molar-refractivity contribution in [2.75, 3.05) is 13.6 Å². The first-order chi connectivity index (χ1) is 7.47. The first-order valence-electron chi connectivity index (χ1n) is 4.73. The van der Waals surface area contributed by atoms with Crippen LogP contribution in [0.5, 0.6) is 0 Å². The van der Waals surface area contributed by atoms with Gasteiger partial charge in [-0.1, -0.05) is 6.07 Å². The van der Waals surface area contributed by atoms with Crippen LogP contribution < -0.4 is 10.6 Å². The van der Waals surface area contributed by atoms with E-state index in [1.54, 1.807) is 13.0 Å². The molecule has 0 saturated carbocycles. The van der Waals surface area contributed by atoms with Gasteiger partial charge in [-0.05, 0) is 18.4 Å². The fraction of sp³-hybridized carbons (Fsp3) is 0.400. The summed E-state index contributed by atoms with van der Waals surface area (Å²) in [4.78, 5) is 22.8. The normalized spacial score (nSPS) is 13.9. The average Bonchev–Trinajstić information content (AvgIpc) is 2.78. The lowest BCUT2D eigenvalue weighted by molar-refractivity contribution is -0.139. The summed E-state index contributed by atoms with van der Waals surface area (Å²) in [5, 5.41) is 16.5. The maximum Gasteiger partial charge on any atom is 0.309 e. The summed E-state index contributed by atoms with van der Waals surface area (Å²) < 4.78 is 0. The minimum absolute atomic E-state index is 0.000231. The molecule has 16 heavy (non-hydrogen) atoms. The summed E-state index contributed by atoms with van der Waals surface area (Å²) >= 11 is 1.39. The third kappa shape index (κ3) is 3.04. The second kappa shape index (κ2) is 5.09. The highest BCUT2D eigenvalue weighted by atomic mass is 32.1. The van der Waals surface area contributed by atoms with Gasteiger partial charge in [-0.15, -0.1) is 11.3 Å². The number of carbonyl (C=O) groups is 2. The van der Waals surface area contributed by atoms with Crippen LogP contribution in [0.1, 0.15) is 11.8 Å². The van der Waals surface area contributed by atoms with Crippen molar-refractivity contribution in [1.82, 2.24) is 10.6 Å². The van der Waals surface area contributed by atoms with E-state index in [1.807, 2.05) is 11.4 Å². The van der Waals surface area contributed by atoms with Gasteiger partial charge in [0.25, 0.3) is 0 Å². The summed E-state index contributed by atoms with van der Waals surface area (Å²) in [5.74, 6) is -1.47. The minimum atomic E-state index is -1.15. The van der Waals surface area contributed by atoms with Crippen LogP contribution in [0.2, 0.25) is 0 Å². The van der Waals surface area contributed by atoms with E-state index in [0.717, 1.165) is 4.88 Å². The van der Waals surface area contributed by atoms with Crippen molar-refractivity contribution in [3.05, 3.63) is 22.4 Å². The molecule has 5 nitrogen and oxygen atoms in total. The zero-order valence-corrected chi connectivity index (χ0v) is 9.93. The fourth-order valence-electron chi connectivity index (χ4n) is 1.12. The van der Waals surface area contributed by atoms with E-state index in [-0.39, 0.29) is 6.54 Å². The lowest BCUT2D eigenvalue weighted by atomic mass is 10.1. The van der Waals surface area contributed by atoms with Gasteiger partial charge in [-0.3, -0.25) is 9.59 Å². The Kier molecular flexibility index (Phi) is 4.03. The van der Waals surface area contributed by atoms with E-state index < -0.39 is 17.4 Å². The maximum absolute atomic E-state index is 11.2. The van der Waals surface area contributed by atoms with Crippen LogP contribution in [0.4, 0.5) is 0 Å². The van der Waals surface area contributed by atoms with Crippen molar-refractivity contribution in [2.45, 2.75) is 12.5 Å². The third-order valence-electron chi connectivity index (χ3n) is 2.08. The number of nitrogens with one attached hydrogen (secondary N) is 2. The van der Waals surface area contributed by atoms with Crippen molar-refractivity contribution >= 4 is 23.2 Å². The van der Waals surface area contributed by atoms with Crippen molar-refractivity contribution in [2.24, 2.45) is 0 Å². The van der Waals surface area contributed by atoms with Gasteiger partial charge < -0.3 is 15.7 Å². The van der Waals surface area contributed by atoms with Crippen LogP contribution >= 0.6 is 11.3 Å². The second-order valence-corrected chi connectivity index (χ2v) is 4.46. The first-order valence-corrected chi connectivity index (χ1v) is 5.61. The number of carbonyl (C=O) groups excluding carboxylic acids is 2. The van der Waals surface area contributed by atoms with Gasteiger partial charge in [-0.2, -0.15) is 0 Å². The van der Waals surface area contributed by atoms with Gasteiger partial charge in [0.1, 0.15) is 5.60 Å². The number of aliphatic hydroxyl groups is 1. The zero-order chi connectivity index (χ0) is 12.2. The molecule has 0 aliphatic carbocycles. The van der Waals surface area contributed by atoms with Crippen molar-refractivity contribution in [3.63, 3.8) is 0 Å². The van der Waals surface area contributed by atoms with E-state index in [2.05, 4.69) is 10.6 Å². The quantitative estimate of drug-likeness (QED) is 0.643. The number of hydrogen-bond donors (Lipinski definition) is 3. The van der Waals surface area contributed by atoms with Crippen LogP contribution in [0.25, 0.3) is 0 Å². The zero-order valence-electron chi connectivity index (χ0n) is 9.11. The van der Waals surface area contributed by atoms with Crippen LogP contribution in [-0.4, -0.2) is 30.5 Å². The van der Waals surface area contributed by atoms with E-state index in [4.69, 9.17) is 0 Å². The Balaban J connectivity index is 2.55. The molecular weight excluding hydrogens is 228 g/mol. The predicted molar refractivity (Wildman–Crippen MR) is 61.0 cm³/mol. The maximum atomic E-state index is 11.2. The second-order valence-electron chi connectivity index (χ2n) is 3.51.